The van der Waals surface area contributed by atoms with Gasteiger partial charge < -0.3 is 9.73 Å². The van der Waals surface area contributed by atoms with Crippen LogP contribution in [0.2, 0.25) is 0 Å². The Bertz CT molecular complexity index is 587. The summed E-state index contributed by atoms with van der Waals surface area (Å²) >= 11 is 0. The predicted molar refractivity (Wildman–Crippen MR) is 77.8 cm³/mol. The van der Waals surface area contributed by atoms with Crippen LogP contribution in [-0.2, 0) is 16.6 Å². The fourth-order valence-corrected chi connectivity index (χ4v) is 3.30. The first kappa shape index (κ1) is 15.3. The summed E-state index contributed by atoms with van der Waals surface area (Å²) in [6, 6.07) is 3.58. The van der Waals surface area contributed by atoms with Crippen molar-refractivity contribution in [3.05, 3.63) is 29.5 Å². The summed E-state index contributed by atoms with van der Waals surface area (Å²) in [5.41, 5.74) is 1.23. The zero-order chi connectivity index (χ0) is 14.8. The van der Waals surface area contributed by atoms with Crippen LogP contribution in [0.5, 0.6) is 0 Å². The molecule has 1 N–H and O–H groups in total. The van der Waals surface area contributed by atoms with Crippen molar-refractivity contribution in [2.45, 2.75) is 44.9 Å². The van der Waals surface area contributed by atoms with Gasteiger partial charge >= 0.3 is 0 Å². The van der Waals surface area contributed by atoms with Crippen molar-refractivity contribution in [2.24, 2.45) is 0 Å². The number of furan rings is 1. The Labute approximate surface area is 120 Å². The molecule has 0 radical (unpaired) electrons. The van der Waals surface area contributed by atoms with E-state index >= 15 is 0 Å². The highest BCUT2D eigenvalue weighted by Crippen LogP contribution is 2.22. The lowest BCUT2D eigenvalue weighted by molar-refractivity contribution is 0.367. The molecular weight excluding hydrogens is 276 g/mol. The third kappa shape index (κ3) is 3.50. The van der Waals surface area contributed by atoms with Crippen LogP contribution in [0.3, 0.4) is 0 Å². The summed E-state index contributed by atoms with van der Waals surface area (Å²) in [6.45, 7) is 7.56. The van der Waals surface area contributed by atoms with Crippen molar-refractivity contribution in [1.82, 2.24) is 9.62 Å². The molecule has 2 heterocycles. The van der Waals surface area contributed by atoms with Gasteiger partial charge in [0.1, 0.15) is 5.76 Å². The van der Waals surface area contributed by atoms with Gasteiger partial charge in [0.2, 0.25) is 5.09 Å². The molecule has 0 spiro atoms. The summed E-state index contributed by atoms with van der Waals surface area (Å²) in [5.74, 6) is 0.640. The summed E-state index contributed by atoms with van der Waals surface area (Å²) in [7, 11) is -3.51. The highest BCUT2D eigenvalue weighted by Gasteiger charge is 2.28. The van der Waals surface area contributed by atoms with Crippen molar-refractivity contribution in [3.63, 3.8) is 0 Å². The molecule has 20 heavy (non-hydrogen) atoms. The van der Waals surface area contributed by atoms with Gasteiger partial charge in [0.25, 0.3) is 10.0 Å². The van der Waals surface area contributed by atoms with E-state index in [2.05, 4.69) is 5.32 Å². The van der Waals surface area contributed by atoms with Gasteiger partial charge in [0.05, 0.1) is 6.54 Å². The molecule has 1 aromatic heterocycles. The van der Waals surface area contributed by atoms with E-state index in [1.807, 2.05) is 26.8 Å². The van der Waals surface area contributed by atoms with Crippen LogP contribution in [0.25, 0.3) is 0 Å². The van der Waals surface area contributed by atoms with E-state index in [0.29, 0.717) is 31.4 Å². The lowest BCUT2D eigenvalue weighted by Crippen LogP contribution is -2.34. The first-order valence-corrected chi connectivity index (χ1v) is 8.31. The fourth-order valence-electron chi connectivity index (χ4n) is 1.99. The maximum atomic E-state index is 12.4. The molecular formula is C14H22N2O3S. The normalized spacial score (nSPS) is 17.5. The van der Waals surface area contributed by atoms with Crippen LogP contribution in [0.1, 0.15) is 33.0 Å². The lowest BCUT2D eigenvalue weighted by Gasteiger charge is -2.23. The molecule has 0 bridgehead atoms. The third-order valence-corrected chi connectivity index (χ3v) is 5.05. The summed E-state index contributed by atoms with van der Waals surface area (Å²) < 4.78 is 31.8. The summed E-state index contributed by atoms with van der Waals surface area (Å²) in [6.07, 6.45) is 2.73. The highest BCUT2D eigenvalue weighted by atomic mass is 32.2. The third-order valence-electron chi connectivity index (χ3n) is 3.31. The summed E-state index contributed by atoms with van der Waals surface area (Å²) in [4.78, 5) is 0. The molecule has 0 fully saturated rings. The molecule has 1 aliphatic heterocycles. The molecule has 0 amide bonds. The minimum atomic E-state index is -3.51. The van der Waals surface area contributed by atoms with Gasteiger partial charge in [-0.15, -0.1) is 0 Å². The van der Waals surface area contributed by atoms with Gasteiger partial charge in [-0.05, 0) is 25.5 Å². The van der Waals surface area contributed by atoms with Crippen LogP contribution in [0.4, 0.5) is 0 Å². The Morgan fingerprint density at radius 2 is 2.15 bits per heavy atom. The predicted octanol–water partition coefficient (Wildman–Crippen LogP) is 2.12. The Morgan fingerprint density at radius 3 is 2.75 bits per heavy atom. The Morgan fingerprint density at radius 1 is 1.40 bits per heavy atom. The van der Waals surface area contributed by atoms with Crippen LogP contribution in [0, 0.1) is 0 Å². The molecule has 6 heteroatoms. The van der Waals surface area contributed by atoms with E-state index in [0.717, 1.165) is 6.42 Å². The first-order chi connectivity index (χ1) is 9.39. The van der Waals surface area contributed by atoms with E-state index in [-0.39, 0.29) is 5.09 Å². The van der Waals surface area contributed by atoms with Crippen LogP contribution in [-0.4, -0.2) is 31.9 Å². The second-order valence-electron chi connectivity index (χ2n) is 5.42. The van der Waals surface area contributed by atoms with Crippen molar-refractivity contribution >= 4 is 10.0 Å². The average Bonchev–Trinajstić information content (AvgIpc) is 2.86. The highest BCUT2D eigenvalue weighted by molar-refractivity contribution is 7.89. The summed E-state index contributed by atoms with van der Waals surface area (Å²) in [5, 5.41) is 3.23. The second-order valence-corrected chi connectivity index (χ2v) is 7.29. The maximum Gasteiger partial charge on any atom is 0.276 e. The zero-order valence-electron chi connectivity index (χ0n) is 12.2. The quantitative estimate of drug-likeness (QED) is 0.846. The van der Waals surface area contributed by atoms with E-state index < -0.39 is 10.0 Å². The standard InChI is InChI=1S/C14H22N2O3S/c1-11(2)15-10-13-4-5-14(19-13)20(17,18)16-8-6-12(3)7-9-16/h4-6,11,15H,7-10H2,1-3H3. The molecule has 2 rings (SSSR count). The fraction of sp³-hybridized carbons (Fsp3) is 0.571. The average molecular weight is 298 g/mol. The van der Waals surface area contributed by atoms with Gasteiger partial charge in [0, 0.05) is 19.1 Å². The van der Waals surface area contributed by atoms with E-state index in [9.17, 15) is 8.42 Å². The van der Waals surface area contributed by atoms with E-state index in [1.54, 1.807) is 6.07 Å². The molecule has 1 aromatic rings. The molecule has 5 nitrogen and oxygen atoms in total. The van der Waals surface area contributed by atoms with Gasteiger partial charge in [-0.3, -0.25) is 0 Å². The number of hydrogen-bond donors (Lipinski definition) is 1. The van der Waals surface area contributed by atoms with Crippen LogP contribution in [0.15, 0.2) is 33.3 Å². The van der Waals surface area contributed by atoms with Crippen molar-refractivity contribution in [2.75, 3.05) is 13.1 Å². The minimum absolute atomic E-state index is 0.0333. The Balaban J connectivity index is 2.10. The molecule has 0 saturated heterocycles. The van der Waals surface area contributed by atoms with Gasteiger partial charge in [0.15, 0.2) is 0 Å². The number of nitrogens with one attached hydrogen (secondary N) is 1. The number of sulfonamides is 1. The molecule has 1 aliphatic rings. The lowest BCUT2D eigenvalue weighted by atomic mass is 10.1. The number of nitrogens with zero attached hydrogens (tertiary/aromatic N) is 1. The zero-order valence-corrected chi connectivity index (χ0v) is 13.0. The van der Waals surface area contributed by atoms with Crippen molar-refractivity contribution < 1.29 is 12.8 Å². The molecule has 0 atom stereocenters. The molecule has 0 aromatic carbocycles. The van der Waals surface area contributed by atoms with Gasteiger partial charge in [-0.25, -0.2) is 8.42 Å². The minimum Gasteiger partial charge on any atom is -0.447 e. The second kappa shape index (κ2) is 6.11. The van der Waals surface area contributed by atoms with Crippen LogP contribution < -0.4 is 5.32 Å². The maximum absolute atomic E-state index is 12.4. The molecule has 0 unspecified atom stereocenters. The Kier molecular flexibility index (Phi) is 4.67. The van der Waals surface area contributed by atoms with Crippen molar-refractivity contribution in [3.8, 4) is 0 Å². The first-order valence-electron chi connectivity index (χ1n) is 6.87. The van der Waals surface area contributed by atoms with E-state index in [1.165, 1.54) is 15.9 Å². The molecule has 0 saturated carbocycles. The van der Waals surface area contributed by atoms with E-state index in [4.69, 9.17) is 4.42 Å². The molecule has 0 aliphatic carbocycles. The largest absolute Gasteiger partial charge is 0.447 e. The monoisotopic (exact) mass is 298 g/mol. The number of hydrogen-bond acceptors (Lipinski definition) is 4. The number of rotatable bonds is 5. The molecule has 112 valence electrons. The SMILES string of the molecule is CC1=CCN(S(=O)(=O)c2ccc(CNC(C)C)o2)CC1. The van der Waals surface area contributed by atoms with Crippen LogP contribution >= 0.6 is 0 Å². The smallest absolute Gasteiger partial charge is 0.276 e. The van der Waals surface area contributed by atoms with Crippen molar-refractivity contribution in [1.29, 1.82) is 0 Å². The topological polar surface area (TPSA) is 62.6 Å². The van der Waals surface area contributed by atoms with Gasteiger partial charge in [-0.1, -0.05) is 25.5 Å². The van der Waals surface area contributed by atoms with Gasteiger partial charge in [-0.2, -0.15) is 4.31 Å². The Hall–Kier alpha value is -1.11.